The molecule has 152 valence electrons. The van der Waals surface area contributed by atoms with Crippen molar-refractivity contribution in [3.8, 4) is 16.9 Å². The lowest BCUT2D eigenvalue weighted by atomic mass is 10.1. The first kappa shape index (κ1) is 18.8. The van der Waals surface area contributed by atoms with Crippen LogP contribution in [0.5, 0.6) is 0 Å². The highest BCUT2D eigenvalue weighted by atomic mass is 35.5. The van der Waals surface area contributed by atoms with Gasteiger partial charge in [0.25, 0.3) is 0 Å². The van der Waals surface area contributed by atoms with Gasteiger partial charge in [-0.05, 0) is 30.3 Å². The molecule has 0 saturated carbocycles. The van der Waals surface area contributed by atoms with Crippen LogP contribution in [0.3, 0.4) is 0 Å². The standard InChI is InChI=1S/C19H12ClFN10/c20-13-6-11(3-4-14(13)21)27-19-26-9-12(10-7-24-18(22)25-8-10)17(28-19)31-15-2-1-5-23-16(15)29-30-31/h1-9H,(H2,22,24,25)(H,26,27,28). The first-order chi connectivity index (χ1) is 15.1. The fourth-order valence-corrected chi connectivity index (χ4v) is 3.08. The third kappa shape index (κ3) is 3.57. The molecule has 31 heavy (non-hydrogen) atoms. The average Bonchev–Trinajstić information content (AvgIpc) is 3.21. The molecular weight excluding hydrogens is 423 g/mol. The molecule has 3 N–H and O–H groups in total. The van der Waals surface area contributed by atoms with E-state index in [4.69, 9.17) is 17.3 Å². The van der Waals surface area contributed by atoms with Gasteiger partial charge in [0.1, 0.15) is 11.3 Å². The molecule has 0 bridgehead atoms. The SMILES string of the molecule is Nc1ncc(-c2cnc(Nc3ccc(F)c(Cl)c3)nc2-n2nnc3ncccc32)cn1. The van der Waals surface area contributed by atoms with Crippen LogP contribution in [-0.2, 0) is 0 Å². The Hall–Kier alpha value is -4.25. The topological polar surface area (TPSA) is 133 Å². The van der Waals surface area contributed by atoms with Crippen molar-refractivity contribution in [3.05, 3.63) is 66.0 Å². The number of hydrogen-bond acceptors (Lipinski definition) is 9. The Balaban J connectivity index is 1.65. The van der Waals surface area contributed by atoms with E-state index in [9.17, 15) is 4.39 Å². The molecule has 5 aromatic rings. The van der Waals surface area contributed by atoms with E-state index in [-0.39, 0.29) is 16.9 Å². The summed E-state index contributed by atoms with van der Waals surface area (Å²) in [7, 11) is 0. The summed E-state index contributed by atoms with van der Waals surface area (Å²) in [4.78, 5) is 21.2. The molecule has 0 unspecified atom stereocenters. The number of nitrogens with one attached hydrogen (secondary N) is 1. The van der Waals surface area contributed by atoms with Crippen LogP contribution in [0.4, 0.5) is 22.0 Å². The van der Waals surface area contributed by atoms with E-state index in [1.807, 2.05) is 6.07 Å². The van der Waals surface area contributed by atoms with Gasteiger partial charge in [-0.2, -0.15) is 9.67 Å². The second-order valence-electron chi connectivity index (χ2n) is 6.36. The third-order valence-corrected chi connectivity index (χ3v) is 4.64. The Morgan fingerprint density at radius 1 is 1.03 bits per heavy atom. The Labute approximate surface area is 179 Å². The largest absolute Gasteiger partial charge is 0.368 e. The second kappa shape index (κ2) is 7.54. The van der Waals surface area contributed by atoms with Crippen LogP contribution >= 0.6 is 11.6 Å². The van der Waals surface area contributed by atoms with Crippen molar-refractivity contribution < 1.29 is 4.39 Å². The highest BCUT2D eigenvalue weighted by Gasteiger charge is 2.17. The summed E-state index contributed by atoms with van der Waals surface area (Å²) in [6, 6.07) is 7.81. The van der Waals surface area contributed by atoms with Crippen molar-refractivity contribution in [2.45, 2.75) is 0 Å². The molecular formula is C19H12ClFN10. The predicted octanol–water partition coefficient (Wildman–Crippen LogP) is 3.18. The summed E-state index contributed by atoms with van der Waals surface area (Å²) < 4.78 is 15.0. The Kier molecular flexibility index (Phi) is 4.56. The third-order valence-electron chi connectivity index (χ3n) is 4.35. The molecule has 12 heteroatoms. The van der Waals surface area contributed by atoms with Crippen molar-refractivity contribution in [2.75, 3.05) is 11.1 Å². The summed E-state index contributed by atoms with van der Waals surface area (Å²) in [6.07, 6.45) is 6.35. The van der Waals surface area contributed by atoms with E-state index >= 15 is 0 Å². The van der Waals surface area contributed by atoms with Gasteiger partial charge in [-0.1, -0.05) is 16.8 Å². The normalized spacial score (nSPS) is 11.0. The minimum atomic E-state index is -0.519. The molecule has 0 atom stereocenters. The van der Waals surface area contributed by atoms with E-state index in [0.717, 1.165) is 0 Å². The Bertz CT molecular complexity index is 1400. The van der Waals surface area contributed by atoms with Crippen LogP contribution in [0.25, 0.3) is 28.1 Å². The number of aromatic nitrogens is 8. The van der Waals surface area contributed by atoms with Crippen LogP contribution in [0.1, 0.15) is 0 Å². The summed E-state index contributed by atoms with van der Waals surface area (Å²) >= 11 is 5.87. The average molecular weight is 435 g/mol. The maximum Gasteiger partial charge on any atom is 0.229 e. The first-order valence-corrected chi connectivity index (χ1v) is 9.30. The zero-order valence-electron chi connectivity index (χ0n) is 15.6. The fraction of sp³-hybridized carbons (Fsp3) is 0. The van der Waals surface area contributed by atoms with Crippen molar-refractivity contribution in [2.24, 2.45) is 0 Å². The van der Waals surface area contributed by atoms with Crippen molar-refractivity contribution in [1.29, 1.82) is 0 Å². The Morgan fingerprint density at radius 2 is 1.87 bits per heavy atom. The Morgan fingerprint density at radius 3 is 2.68 bits per heavy atom. The quantitative estimate of drug-likeness (QED) is 0.437. The van der Waals surface area contributed by atoms with Gasteiger partial charge in [-0.25, -0.2) is 24.3 Å². The number of anilines is 3. The fourth-order valence-electron chi connectivity index (χ4n) is 2.90. The van der Waals surface area contributed by atoms with Gasteiger partial charge >= 0.3 is 0 Å². The molecule has 0 radical (unpaired) electrons. The van der Waals surface area contributed by atoms with Crippen LogP contribution in [0, 0.1) is 5.82 Å². The van der Waals surface area contributed by atoms with Gasteiger partial charge in [0.05, 0.1) is 5.02 Å². The highest BCUT2D eigenvalue weighted by molar-refractivity contribution is 6.31. The van der Waals surface area contributed by atoms with Crippen molar-refractivity contribution >= 4 is 40.3 Å². The molecule has 0 saturated heterocycles. The van der Waals surface area contributed by atoms with Crippen LogP contribution in [0.15, 0.2) is 55.1 Å². The van der Waals surface area contributed by atoms with Gasteiger partial charge in [-0.3, -0.25) is 0 Å². The van der Waals surface area contributed by atoms with Crippen LogP contribution < -0.4 is 11.1 Å². The van der Waals surface area contributed by atoms with Crippen LogP contribution in [-0.4, -0.2) is 39.9 Å². The molecule has 0 fully saturated rings. The monoisotopic (exact) mass is 434 g/mol. The number of nitrogens with two attached hydrogens (primary N) is 1. The van der Waals surface area contributed by atoms with Crippen LogP contribution in [0.2, 0.25) is 5.02 Å². The zero-order valence-corrected chi connectivity index (χ0v) is 16.4. The van der Waals surface area contributed by atoms with Gasteiger partial charge in [0, 0.05) is 41.6 Å². The first-order valence-electron chi connectivity index (χ1n) is 8.92. The number of nitrogen functional groups attached to an aromatic ring is 1. The highest BCUT2D eigenvalue weighted by Crippen LogP contribution is 2.28. The van der Waals surface area contributed by atoms with E-state index in [1.54, 1.807) is 35.5 Å². The smallest absolute Gasteiger partial charge is 0.229 e. The minimum absolute atomic E-state index is 0.0192. The molecule has 0 amide bonds. The molecule has 0 aliphatic heterocycles. The lowest BCUT2D eigenvalue weighted by molar-refractivity contribution is 0.628. The number of nitrogens with zero attached hydrogens (tertiary/aromatic N) is 8. The molecule has 10 nitrogen and oxygen atoms in total. The van der Waals surface area contributed by atoms with E-state index in [0.29, 0.717) is 33.8 Å². The molecule has 4 heterocycles. The number of benzene rings is 1. The molecule has 0 aliphatic carbocycles. The van der Waals surface area contributed by atoms with E-state index in [2.05, 4.69) is 40.5 Å². The van der Waals surface area contributed by atoms with Crippen molar-refractivity contribution in [3.63, 3.8) is 0 Å². The number of rotatable bonds is 4. The molecule has 5 rings (SSSR count). The lowest BCUT2D eigenvalue weighted by Crippen LogP contribution is -2.07. The number of hydrogen-bond donors (Lipinski definition) is 2. The number of fused-ring (bicyclic) bond motifs is 1. The summed E-state index contributed by atoms with van der Waals surface area (Å²) in [5.74, 6) is 0.280. The van der Waals surface area contributed by atoms with Gasteiger partial charge in [0.15, 0.2) is 5.82 Å². The molecule has 0 aliphatic rings. The number of pyridine rings is 1. The zero-order chi connectivity index (χ0) is 21.4. The van der Waals surface area contributed by atoms with Gasteiger partial charge in [-0.15, -0.1) is 5.10 Å². The molecule has 4 aromatic heterocycles. The second-order valence-corrected chi connectivity index (χ2v) is 6.77. The predicted molar refractivity (Wildman–Crippen MR) is 112 cm³/mol. The van der Waals surface area contributed by atoms with E-state index < -0.39 is 5.82 Å². The van der Waals surface area contributed by atoms with Crippen molar-refractivity contribution in [1.82, 2.24) is 39.9 Å². The number of halogens is 2. The lowest BCUT2D eigenvalue weighted by Gasteiger charge is -2.12. The molecule has 0 spiro atoms. The summed E-state index contributed by atoms with van der Waals surface area (Å²) in [6.45, 7) is 0. The van der Waals surface area contributed by atoms with Gasteiger partial charge < -0.3 is 11.1 Å². The summed E-state index contributed by atoms with van der Waals surface area (Å²) in [5, 5.41) is 11.3. The van der Waals surface area contributed by atoms with E-state index in [1.165, 1.54) is 18.2 Å². The maximum atomic E-state index is 13.5. The molecule has 1 aromatic carbocycles. The van der Waals surface area contributed by atoms with Gasteiger partial charge in [0.2, 0.25) is 17.5 Å². The summed E-state index contributed by atoms with van der Waals surface area (Å²) in [5.41, 5.74) is 8.46. The maximum absolute atomic E-state index is 13.5. The minimum Gasteiger partial charge on any atom is -0.368 e.